The Kier molecular flexibility index (Phi) is 3.92. The molecule has 0 aromatic rings. The summed E-state index contributed by atoms with van der Waals surface area (Å²) in [6, 6.07) is 0. The molecule has 2 bridgehead atoms. The van der Waals surface area contributed by atoms with Crippen LogP contribution < -0.4 is 0 Å². The summed E-state index contributed by atoms with van der Waals surface area (Å²) in [7, 11) is 0. The van der Waals surface area contributed by atoms with E-state index in [-0.39, 0.29) is 16.2 Å². The van der Waals surface area contributed by atoms with Crippen LogP contribution in [0.3, 0.4) is 0 Å². The van der Waals surface area contributed by atoms with Gasteiger partial charge >= 0.3 is 0 Å². The van der Waals surface area contributed by atoms with E-state index in [9.17, 15) is 9.59 Å². The van der Waals surface area contributed by atoms with Crippen LogP contribution in [0.25, 0.3) is 0 Å². The van der Waals surface area contributed by atoms with Gasteiger partial charge in [-0.15, -0.1) is 0 Å². The molecule has 6 rings (SSSR count). The van der Waals surface area contributed by atoms with Crippen molar-refractivity contribution in [1.82, 2.24) is 0 Å². The number of carbonyl (C=O) groups is 2. The van der Waals surface area contributed by atoms with E-state index in [4.69, 9.17) is 4.74 Å². The first-order chi connectivity index (χ1) is 13.9. The summed E-state index contributed by atoms with van der Waals surface area (Å²) in [6.07, 6.45) is 13.6. The minimum absolute atomic E-state index is 0.0528. The van der Waals surface area contributed by atoms with Gasteiger partial charge in [0.25, 0.3) is 0 Å². The minimum Gasteiger partial charge on any atom is -0.380 e. The maximum absolute atomic E-state index is 13.2. The molecule has 0 spiro atoms. The molecule has 0 aromatic carbocycles. The van der Waals surface area contributed by atoms with Crippen LogP contribution in [0, 0.1) is 45.8 Å². The molecule has 0 radical (unpaired) electrons. The van der Waals surface area contributed by atoms with Crippen molar-refractivity contribution in [2.75, 3.05) is 13.2 Å². The summed E-state index contributed by atoms with van der Waals surface area (Å²) in [5.41, 5.74) is 1.71. The second kappa shape index (κ2) is 6.05. The maximum atomic E-state index is 13.2. The number of carbonyl (C=O) groups excluding carboxylic acids is 2. The molecule has 0 aromatic heterocycles. The molecular formula is C26H36O3. The predicted molar refractivity (Wildman–Crippen MR) is 111 cm³/mol. The van der Waals surface area contributed by atoms with Gasteiger partial charge in [0.1, 0.15) is 5.78 Å². The summed E-state index contributed by atoms with van der Waals surface area (Å²) in [5.74, 6) is 3.94. The van der Waals surface area contributed by atoms with Crippen molar-refractivity contribution in [1.29, 1.82) is 0 Å². The zero-order valence-corrected chi connectivity index (χ0v) is 18.2. The summed E-state index contributed by atoms with van der Waals surface area (Å²) in [4.78, 5) is 25.5. The first-order valence-corrected chi connectivity index (χ1v) is 12.3. The molecule has 0 unspecified atom stereocenters. The molecule has 3 heteroatoms. The van der Waals surface area contributed by atoms with Crippen LogP contribution in [0.4, 0.5) is 0 Å². The molecule has 5 aliphatic carbocycles. The normalized spacial score (nSPS) is 53.2. The van der Waals surface area contributed by atoms with E-state index < -0.39 is 0 Å². The quantitative estimate of drug-likeness (QED) is 0.617. The maximum Gasteiger partial charge on any atom is 0.155 e. The van der Waals surface area contributed by atoms with E-state index in [1.165, 1.54) is 50.5 Å². The van der Waals surface area contributed by atoms with E-state index in [1.807, 2.05) is 13.0 Å². The number of ether oxygens (including phenoxy) is 1. The third-order valence-electron chi connectivity index (χ3n) is 11.2. The molecule has 158 valence electrons. The minimum atomic E-state index is -0.0528. The molecule has 5 fully saturated rings. The topological polar surface area (TPSA) is 43.4 Å². The second-order valence-electron chi connectivity index (χ2n) is 11.7. The number of rotatable bonds is 1. The number of hydrogen-bond donors (Lipinski definition) is 0. The van der Waals surface area contributed by atoms with Crippen LogP contribution in [0.2, 0.25) is 0 Å². The molecule has 1 heterocycles. The zero-order chi connectivity index (χ0) is 20.0. The highest BCUT2D eigenvalue weighted by molar-refractivity contribution is 5.92. The van der Waals surface area contributed by atoms with Crippen LogP contribution in [0.1, 0.15) is 78.1 Å². The lowest BCUT2D eigenvalue weighted by Gasteiger charge is -2.63. The Morgan fingerprint density at radius 1 is 1.10 bits per heavy atom. The predicted octanol–water partition coefficient (Wildman–Crippen LogP) is 5.13. The van der Waals surface area contributed by atoms with Gasteiger partial charge in [-0.1, -0.05) is 25.3 Å². The van der Waals surface area contributed by atoms with Gasteiger partial charge in [-0.05, 0) is 87.0 Å². The van der Waals surface area contributed by atoms with Gasteiger partial charge in [0.05, 0.1) is 13.2 Å². The molecule has 29 heavy (non-hydrogen) atoms. The molecule has 1 saturated heterocycles. The van der Waals surface area contributed by atoms with Crippen molar-refractivity contribution in [2.24, 2.45) is 45.8 Å². The van der Waals surface area contributed by atoms with Gasteiger partial charge in [0.15, 0.2) is 5.78 Å². The molecule has 1 aliphatic heterocycles. The molecule has 8 atom stereocenters. The van der Waals surface area contributed by atoms with Crippen LogP contribution >= 0.6 is 0 Å². The van der Waals surface area contributed by atoms with Crippen molar-refractivity contribution >= 4 is 11.6 Å². The number of ketones is 2. The highest BCUT2D eigenvalue weighted by atomic mass is 16.5. The Labute approximate surface area is 175 Å². The monoisotopic (exact) mass is 396 g/mol. The van der Waals surface area contributed by atoms with E-state index in [2.05, 4.69) is 6.92 Å². The highest BCUT2D eigenvalue weighted by Crippen LogP contribution is 2.74. The lowest BCUT2D eigenvalue weighted by atomic mass is 9.42. The third kappa shape index (κ3) is 2.14. The van der Waals surface area contributed by atoms with Crippen LogP contribution in [0.15, 0.2) is 11.6 Å². The van der Waals surface area contributed by atoms with Crippen molar-refractivity contribution in [3.8, 4) is 0 Å². The van der Waals surface area contributed by atoms with E-state index in [1.54, 1.807) is 0 Å². The largest absolute Gasteiger partial charge is 0.380 e. The second-order valence-corrected chi connectivity index (χ2v) is 11.7. The Balaban J connectivity index is 1.44. The Bertz CT molecular complexity index is 798. The summed E-state index contributed by atoms with van der Waals surface area (Å²) < 4.78 is 6.16. The van der Waals surface area contributed by atoms with Gasteiger partial charge in [0.2, 0.25) is 0 Å². The molecule has 0 amide bonds. The standard InChI is InChI=1S/C26H36O3/c1-16(27)26-8-4-3-5-18(26)12-23-20-11-17-14-29-15-25(10-6-19(28)13-22(17)25)21(20)7-9-24(23,26)2/h13,17-18,20-21,23H,3-12,14-15H2,1-2H3/t17-,18+,20+,21-,23-,24-,25-,26-/m0/s1. The molecule has 3 nitrogen and oxygen atoms in total. The number of fused-ring (bicyclic) bond motifs is 5. The Morgan fingerprint density at radius 3 is 2.79 bits per heavy atom. The van der Waals surface area contributed by atoms with Crippen LogP contribution in [-0.2, 0) is 14.3 Å². The van der Waals surface area contributed by atoms with Crippen LogP contribution in [-0.4, -0.2) is 24.8 Å². The summed E-state index contributed by atoms with van der Waals surface area (Å²) in [5, 5.41) is 0. The smallest absolute Gasteiger partial charge is 0.155 e. The van der Waals surface area contributed by atoms with E-state index >= 15 is 0 Å². The molecular weight excluding hydrogens is 360 g/mol. The fourth-order valence-corrected chi connectivity index (χ4v) is 10.2. The molecule has 0 N–H and O–H groups in total. The van der Waals surface area contributed by atoms with Crippen LogP contribution in [0.5, 0.6) is 0 Å². The van der Waals surface area contributed by atoms with Gasteiger partial charge in [-0.25, -0.2) is 0 Å². The molecule has 4 saturated carbocycles. The van der Waals surface area contributed by atoms with Gasteiger partial charge in [-0.2, -0.15) is 0 Å². The van der Waals surface area contributed by atoms with Gasteiger partial charge < -0.3 is 4.74 Å². The average Bonchev–Trinajstić information content (AvgIpc) is 2.98. The van der Waals surface area contributed by atoms with Gasteiger partial charge in [-0.3, -0.25) is 9.59 Å². The van der Waals surface area contributed by atoms with Crippen molar-refractivity contribution in [3.05, 3.63) is 11.6 Å². The Hall–Kier alpha value is -0.960. The van der Waals surface area contributed by atoms with Crippen molar-refractivity contribution < 1.29 is 14.3 Å². The lowest BCUT2D eigenvalue weighted by Crippen LogP contribution is -2.59. The number of Topliss-reactive ketones (excluding diaryl/α,β-unsaturated/α-hetero) is 1. The third-order valence-corrected chi connectivity index (χ3v) is 11.2. The van der Waals surface area contributed by atoms with Crippen molar-refractivity contribution in [2.45, 2.75) is 78.1 Å². The van der Waals surface area contributed by atoms with Crippen molar-refractivity contribution in [3.63, 3.8) is 0 Å². The fraction of sp³-hybridized carbons (Fsp3) is 0.846. The average molecular weight is 397 g/mol. The summed E-state index contributed by atoms with van der Waals surface area (Å²) >= 11 is 0. The SMILES string of the molecule is CC(=O)[C@@]12CCCC[C@@H]1C[C@H]1[C@@H]3C[C@H]4COC[C@@]5(CCC(=O)C=C45)[C@H]3CC[C@@]12C. The van der Waals surface area contributed by atoms with E-state index in [0.717, 1.165) is 32.0 Å². The first-order valence-electron chi connectivity index (χ1n) is 12.3. The zero-order valence-electron chi connectivity index (χ0n) is 18.2. The van der Waals surface area contributed by atoms with E-state index in [0.29, 0.717) is 41.7 Å². The Morgan fingerprint density at radius 2 is 1.97 bits per heavy atom. The van der Waals surface area contributed by atoms with Gasteiger partial charge in [0, 0.05) is 23.2 Å². The molecule has 6 aliphatic rings. The fourth-order valence-electron chi connectivity index (χ4n) is 10.2. The summed E-state index contributed by atoms with van der Waals surface area (Å²) in [6.45, 7) is 6.05. The first kappa shape index (κ1) is 18.8. The number of hydrogen-bond acceptors (Lipinski definition) is 3. The highest BCUT2D eigenvalue weighted by Gasteiger charge is 2.70. The lowest BCUT2D eigenvalue weighted by molar-refractivity contribution is -0.161.